The van der Waals surface area contributed by atoms with Crippen molar-refractivity contribution in [3.05, 3.63) is 0 Å². The number of halogens is 3. The van der Waals surface area contributed by atoms with Gasteiger partial charge in [-0.05, 0) is 0 Å². The average molecular weight is 224 g/mol. The highest BCUT2D eigenvalue weighted by Gasteiger charge is 2.58. The van der Waals surface area contributed by atoms with Crippen LogP contribution < -0.4 is 0 Å². The van der Waals surface area contributed by atoms with Crippen LogP contribution in [0.5, 0.6) is 0 Å². The van der Waals surface area contributed by atoms with Crippen molar-refractivity contribution in [3.63, 3.8) is 0 Å². The Hall–Kier alpha value is -1.91. The molecule has 0 aromatic heterocycles. The molecule has 0 saturated carbocycles. The van der Waals surface area contributed by atoms with Gasteiger partial charge in [0, 0.05) is 0 Å². The molecular weight excluding hydrogens is 221 g/mol. The molecule has 2 unspecified atom stereocenters. The predicted molar refractivity (Wildman–Crippen MR) is 36.1 cm³/mol. The summed E-state index contributed by atoms with van der Waals surface area (Å²) < 4.78 is 48.0. The number of carbonyl (C=O) groups excluding carboxylic acids is 2. The standard InChI is InChI=1S/C7H3F3O5/c1-2-13-5(11)3-4(7(8,9)10)15-6(12)14-3/h1,3-4H. The van der Waals surface area contributed by atoms with Crippen LogP contribution in [0.4, 0.5) is 18.0 Å². The minimum absolute atomic E-state index is 1.37. The minimum atomic E-state index is -4.93. The zero-order chi connectivity index (χ0) is 11.6. The van der Waals surface area contributed by atoms with Crippen molar-refractivity contribution in [2.45, 2.75) is 18.4 Å². The third-order valence-electron chi connectivity index (χ3n) is 1.44. The molecule has 0 aliphatic carbocycles. The Morgan fingerprint density at radius 2 is 2.07 bits per heavy atom. The molecule has 0 bridgehead atoms. The Kier molecular flexibility index (Phi) is 2.74. The first-order valence-corrected chi connectivity index (χ1v) is 3.46. The molecule has 0 aromatic carbocycles. The number of hydrogen-bond acceptors (Lipinski definition) is 5. The summed E-state index contributed by atoms with van der Waals surface area (Å²) in [7, 11) is 0. The van der Waals surface area contributed by atoms with Crippen LogP contribution >= 0.6 is 0 Å². The van der Waals surface area contributed by atoms with Crippen LogP contribution in [0.3, 0.4) is 0 Å². The third-order valence-corrected chi connectivity index (χ3v) is 1.44. The van der Waals surface area contributed by atoms with E-state index in [1.165, 1.54) is 6.11 Å². The maximum absolute atomic E-state index is 12.2. The molecule has 1 rings (SSSR count). The second kappa shape index (κ2) is 3.68. The Balaban J connectivity index is 2.83. The van der Waals surface area contributed by atoms with Gasteiger partial charge in [-0.15, -0.1) is 0 Å². The number of carbonyl (C=O) groups is 2. The topological polar surface area (TPSA) is 61.8 Å². The van der Waals surface area contributed by atoms with Crippen LogP contribution in [0.1, 0.15) is 0 Å². The molecule has 0 amide bonds. The highest BCUT2D eigenvalue weighted by molar-refractivity contribution is 5.81. The molecule has 0 N–H and O–H groups in total. The molecule has 8 heteroatoms. The molecule has 82 valence electrons. The minimum Gasteiger partial charge on any atom is -0.417 e. The van der Waals surface area contributed by atoms with Gasteiger partial charge in [-0.3, -0.25) is 0 Å². The van der Waals surface area contributed by atoms with Gasteiger partial charge in [0.25, 0.3) is 0 Å². The van der Waals surface area contributed by atoms with Crippen molar-refractivity contribution in [2.24, 2.45) is 0 Å². The van der Waals surface area contributed by atoms with Crippen LogP contribution in [-0.4, -0.2) is 30.5 Å². The smallest absolute Gasteiger partial charge is 0.417 e. The van der Waals surface area contributed by atoms with E-state index in [0.717, 1.165) is 0 Å². The first kappa shape index (κ1) is 11.2. The number of ether oxygens (including phenoxy) is 3. The van der Waals surface area contributed by atoms with Crippen LogP contribution in [0.2, 0.25) is 0 Å². The fourth-order valence-corrected chi connectivity index (χ4v) is 0.885. The molecule has 15 heavy (non-hydrogen) atoms. The second-order valence-corrected chi connectivity index (χ2v) is 2.41. The average Bonchev–Trinajstić information content (AvgIpc) is 2.47. The second-order valence-electron chi connectivity index (χ2n) is 2.41. The van der Waals surface area contributed by atoms with Gasteiger partial charge < -0.3 is 14.2 Å². The van der Waals surface area contributed by atoms with E-state index < -0.39 is 30.5 Å². The summed E-state index contributed by atoms with van der Waals surface area (Å²) in [4.78, 5) is 21.2. The lowest BCUT2D eigenvalue weighted by Gasteiger charge is -2.15. The molecule has 1 fully saturated rings. The normalized spacial score (nSPS) is 25.1. The highest BCUT2D eigenvalue weighted by Crippen LogP contribution is 2.31. The highest BCUT2D eigenvalue weighted by atomic mass is 19.4. The van der Waals surface area contributed by atoms with Gasteiger partial charge in [0.1, 0.15) is 6.11 Å². The lowest BCUT2D eigenvalue weighted by molar-refractivity contribution is -0.207. The quantitative estimate of drug-likeness (QED) is 0.481. The Morgan fingerprint density at radius 3 is 2.53 bits per heavy atom. The van der Waals surface area contributed by atoms with E-state index in [9.17, 15) is 22.8 Å². The van der Waals surface area contributed by atoms with E-state index >= 15 is 0 Å². The van der Waals surface area contributed by atoms with Crippen molar-refractivity contribution in [2.75, 3.05) is 0 Å². The number of hydrogen-bond donors (Lipinski definition) is 0. The summed E-state index contributed by atoms with van der Waals surface area (Å²) >= 11 is 0. The van der Waals surface area contributed by atoms with Gasteiger partial charge in [0.2, 0.25) is 12.2 Å². The van der Waals surface area contributed by atoms with E-state index in [2.05, 4.69) is 20.6 Å². The summed E-state index contributed by atoms with van der Waals surface area (Å²) in [6.45, 7) is 0. The molecule has 1 saturated heterocycles. The Bertz CT molecular complexity index is 328. The van der Waals surface area contributed by atoms with Gasteiger partial charge in [-0.2, -0.15) is 13.2 Å². The fraction of sp³-hybridized carbons (Fsp3) is 0.429. The van der Waals surface area contributed by atoms with Crippen molar-refractivity contribution in [1.82, 2.24) is 0 Å². The maximum Gasteiger partial charge on any atom is 0.510 e. The van der Waals surface area contributed by atoms with E-state index in [4.69, 9.17) is 0 Å². The Labute approximate surface area is 81.1 Å². The maximum atomic E-state index is 12.2. The van der Waals surface area contributed by atoms with Crippen LogP contribution in [0.25, 0.3) is 0 Å². The van der Waals surface area contributed by atoms with Crippen LogP contribution in [0, 0.1) is 12.5 Å². The fourth-order valence-electron chi connectivity index (χ4n) is 0.885. The van der Waals surface area contributed by atoms with Gasteiger partial charge in [-0.25, -0.2) is 9.59 Å². The number of rotatable bonds is 1. The monoisotopic (exact) mass is 224 g/mol. The zero-order valence-corrected chi connectivity index (χ0v) is 6.91. The molecule has 1 aliphatic heterocycles. The van der Waals surface area contributed by atoms with Crippen LogP contribution in [0.15, 0.2) is 0 Å². The number of cyclic esters (lactones) is 2. The molecule has 0 radical (unpaired) electrons. The molecule has 0 aromatic rings. The van der Waals surface area contributed by atoms with E-state index in [-0.39, 0.29) is 0 Å². The summed E-state index contributed by atoms with van der Waals surface area (Å²) in [5, 5.41) is 0. The van der Waals surface area contributed by atoms with E-state index in [0.29, 0.717) is 0 Å². The van der Waals surface area contributed by atoms with Crippen LogP contribution in [-0.2, 0) is 19.0 Å². The molecule has 5 nitrogen and oxygen atoms in total. The van der Waals surface area contributed by atoms with Crippen molar-refractivity contribution in [1.29, 1.82) is 0 Å². The van der Waals surface area contributed by atoms with E-state index in [1.807, 2.05) is 0 Å². The molecule has 0 spiro atoms. The number of terminal acetylenes is 1. The predicted octanol–water partition coefficient (Wildman–Crippen LogP) is 0.587. The molecule has 1 aliphatic rings. The summed E-state index contributed by atoms with van der Waals surface area (Å²) in [6.07, 6.45) is -5.53. The largest absolute Gasteiger partial charge is 0.510 e. The van der Waals surface area contributed by atoms with Gasteiger partial charge in [0.15, 0.2) is 0 Å². The zero-order valence-electron chi connectivity index (χ0n) is 6.91. The van der Waals surface area contributed by atoms with Gasteiger partial charge >= 0.3 is 18.3 Å². The third kappa shape index (κ3) is 2.31. The van der Waals surface area contributed by atoms with Crippen molar-refractivity contribution >= 4 is 12.1 Å². The van der Waals surface area contributed by atoms with Gasteiger partial charge in [0.05, 0.1) is 0 Å². The summed E-state index contributed by atoms with van der Waals surface area (Å²) in [5.74, 6) is -1.51. The summed E-state index contributed by atoms with van der Waals surface area (Å²) in [6, 6.07) is 0. The first-order chi connectivity index (χ1) is 6.86. The summed E-state index contributed by atoms with van der Waals surface area (Å²) in [5.41, 5.74) is 0. The van der Waals surface area contributed by atoms with Gasteiger partial charge in [-0.1, -0.05) is 6.42 Å². The number of alkyl halides is 3. The first-order valence-electron chi connectivity index (χ1n) is 3.46. The number of esters is 1. The lowest BCUT2D eigenvalue weighted by atomic mass is 10.2. The Morgan fingerprint density at radius 1 is 1.47 bits per heavy atom. The molecule has 1 heterocycles. The SMILES string of the molecule is C#COC(=O)C1OC(=O)OC1C(F)(F)F. The van der Waals surface area contributed by atoms with Crippen molar-refractivity contribution in [3.8, 4) is 12.5 Å². The lowest BCUT2D eigenvalue weighted by Crippen LogP contribution is -2.42. The molecular formula is C7H3F3O5. The van der Waals surface area contributed by atoms with E-state index in [1.54, 1.807) is 0 Å². The van der Waals surface area contributed by atoms with Crippen molar-refractivity contribution < 1.29 is 37.0 Å². The molecule has 2 atom stereocenters.